The van der Waals surface area contributed by atoms with Gasteiger partial charge in [-0.15, -0.1) is 10.2 Å². The first-order valence-corrected chi connectivity index (χ1v) is 5.56. The lowest BCUT2D eigenvalue weighted by atomic mass is 10.1. The average molecular weight is 270 g/mol. The number of aromatic carboxylic acids is 1. The highest BCUT2D eigenvalue weighted by Gasteiger charge is 2.10. The van der Waals surface area contributed by atoms with Gasteiger partial charge in [-0.25, -0.2) is 4.79 Å². The highest BCUT2D eigenvalue weighted by molar-refractivity contribution is 5.95. The monoisotopic (exact) mass is 270 g/mol. The Balaban J connectivity index is 2.31. The number of allylic oxidation sites excluding steroid dienone is 1. The Hall–Kier alpha value is -3.21. The Labute approximate surface area is 113 Å². The molecule has 3 N–H and O–H groups in total. The molecule has 0 fully saturated rings. The zero-order valence-corrected chi connectivity index (χ0v) is 10.5. The number of rotatable bonds is 4. The molecule has 0 aliphatic carbocycles. The van der Waals surface area contributed by atoms with Crippen LogP contribution in [0, 0.1) is 18.3 Å². The van der Waals surface area contributed by atoms with E-state index >= 15 is 0 Å². The van der Waals surface area contributed by atoms with Gasteiger partial charge in [-0.1, -0.05) is 11.6 Å². The molecule has 0 saturated carbocycles. The first kappa shape index (κ1) is 13.2. The Morgan fingerprint density at radius 3 is 2.95 bits per heavy atom. The molecule has 0 atom stereocenters. The number of nitrogens with zero attached hydrogens (tertiary/aromatic N) is 4. The molecule has 20 heavy (non-hydrogen) atoms. The minimum absolute atomic E-state index is 0.117. The summed E-state index contributed by atoms with van der Waals surface area (Å²) in [6, 6.07) is 6.83. The number of nitrogens with one attached hydrogen (secondary N) is 2. The smallest absolute Gasteiger partial charge is 0.337 e. The van der Waals surface area contributed by atoms with Crippen molar-refractivity contribution in [1.29, 1.82) is 5.26 Å². The van der Waals surface area contributed by atoms with Crippen molar-refractivity contribution >= 4 is 17.2 Å². The second kappa shape index (κ2) is 5.62. The molecule has 100 valence electrons. The van der Waals surface area contributed by atoms with Crippen LogP contribution < -0.4 is 5.32 Å². The van der Waals surface area contributed by atoms with Gasteiger partial charge in [0.05, 0.1) is 11.3 Å². The summed E-state index contributed by atoms with van der Waals surface area (Å²) in [7, 11) is 0. The van der Waals surface area contributed by atoms with Crippen LogP contribution in [0.15, 0.2) is 24.4 Å². The van der Waals surface area contributed by atoms with Crippen molar-refractivity contribution in [2.75, 3.05) is 5.32 Å². The maximum Gasteiger partial charge on any atom is 0.337 e. The van der Waals surface area contributed by atoms with Gasteiger partial charge in [-0.05, 0) is 24.3 Å². The molecular formula is C12H10N6O2. The molecule has 2 rings (SSSR count). The molecule has 1 aromatic heterocycles. The second-order valence-corrected chi connectivity index (χ2v) is 3.90. The predicted molar refractivity (Wildman–Crippen MR) is 69.5 cm³/mol. The molecule has 0 saturated heterocycles. The minimum Gasteiger partial charge on any atom is -0.478 e. The van der Waals surface area contributed by atoms with E-state index < -0.39 is 5.97 Å². The number of anilines is 1. The lowest BCUT2D eigenvalue weighted by Gasteiger charge is -2.06. The van der Waals surface area contributed by atoms with Gasteiger partial charge in [-0.3, -0.25) is 0 Å². The third-order valence-electron chi connectivity index (χ3n) is 2.48. The zero-order valence-electron chi connectivity index (χ0n) is 10.5. The van der Waals surface area contributed by atoms with Gasteiger partial charge in [0.2, 0.25) is 5.82 Å². The third-order valence-corrected chi connectivity index (χ3v) is 2.48. The van der Waals surface area contributed by atoms with Crippen molar-refractivity contribution in [2.45, 2.75) is 6.92 Å². The lowest BCUT2D eigenvalue weighted by molar-refractivity contribution is 0.0698. The first-order valence-electron chi connectivity index (χ1n) is 5.56. The maximum absolute atomic E-state index is 11.2. The van der Waals surface area contributed by atoms with Crippen molar-refractivity contribution in [2.24, 2.45) is 0 Å². The SMILES string of the molecule is Cc1ccc(NC=C(C#N)c2nn[nH]n2)c(C(=O)O)c1. The molecule has 8 nitrogen and oxygen atoms in total. The number of carbonyl (C=O) groups is 1. The number of carboxylic acid groups (broad SMARTS) is 1. The highest BCUT2D eigenvalue weighted by Crippen LogP contribution is 2.18. The van der Waals surface area contributed by atoms with E-state index in [2.05, 4.69) is 25.9 Å². The summed E-state index contributed by atoms with van der Waals surface area (Å²) in [6.07, 6.45) is 1.34. The molecule has 0 aliphatic heterocycles. The van der Waals surface area contributed by atoms with Crippen LogP contribution in [0.25, 0.3) is 5.57 Å². The number of carboxylic acids is 1. The summed E-state index contributed by atoms with van der Waals surface area (Å²) in [5.41, 5.74) is 1.46. The molecule has 1 heterocycles. The summed E-state index contributed by atoms with van der Waals surface area (Å²) in [5, 5.41) is 33.9. The van der Waals surface area contributed by atoms with Crippen molar-refractivity contribution in [3.8, 4) is 6.07 Å². The zero-order chi connectivity index (χ0) is 14.5. The molecule has 0 bridgehead atoms. The summed E-state index contributed by atoms with van der Waals surface area (Å²) in [6.45, 7) is 1.80. The summed E-state index contributed by atoms with van der Waals surface area (Å²) < 4.78 is 0. The van der Waals surface area contributed by atoms with E-state index in [0.717, 1.165) is 5.56 Å². The Morgan fingerprint density at radius 1 is 1.55 bits per heavy atom. The lowest BCUT2D eigenvalue weighted by Crippen LogP contribution is -2.03. The number of hydrogen-bond acceptors (Lipinski definition) is 6. The minimum atomic E-state index is -1.05. The normalized spacial score (nSPS) is 10.9. The fourth-order valence-electron chi connectivity index (χ4n) is 1.53. The standard InChI is InChI=1S/C12H10N6O2/c1-7-2-3-10(9(4-7)12(19)20)14-6-8(5-13)11-15-17-18-16-11/h2-4,6,14H,1H3,(H,19,20)(H,15,16,17,18). The molecule has 0 unspecified atom stereocenters. The molecule has 0 amide bonds. The van der Waals surface area contributed by atoms with Crippen LogP contribution >= 0.6 is 0 Å². The van der Waals surface area contributed by atoms with Gasteiger partial charge < -0.3 is 10.4 Å². The van der Waals surface area contributed by atoms with Crippen LogP contribution in [0.4, 0.5) is 5.69 Å². The van der Waals surface area contributed by atoms with Crippen molar-refractivity contribution in [3.05, 3.63) is 41.4 Å². The average Bonchev–Trinajstić information content (AvgIpc) is 2.94. The maximum atomic E-state index is 11.2. The van der Waals surface area contributed by atoms with Crippen LogP contribution in [0.3, 0.4) is 0 Å². The number of hydrogen-bond donors (Lipinski definition) is 3. The van der Waals surface area contributed by atoms with E-state index in [1.165, 1.54) is 6.20 Å². The van der Waals surface area contributed by atoms with E-state index in [-0.39, 0.29) is 17.0 Å². The van der Waals surface area contributed by atoms with Crippen molar-refractivity contribution < 1.29 is 9.90 Å². The van der Waals surface area contributed by atoms with Crippen LogP contribution in [-0.4, -0.2) is 31.7 Å². The number of aromatic amines is 1. The van der Waals surface area contributed by atoms with Gasteiger partial charge >= 0.3 is 5.97 Å². The Bertz CT molecular complexity index is 699. The van der Waals surface area contributed by atoms with Crippen LogP contribution in [0.5, 0.6) is 0 Å². The van der Waals surface area contributed by atoms with E-state index in [9.17, 15) is 4.79 Å². The van der Waals surface area contributed by atoms with Gasteiger partial charge in [0.1, 0.15) is 11.6 Å². The van der Waals surface area contributed by atoms with E-state index in [4.69, 9.17) is 10.4 Å². The van der Waals surface area contributed by atoms with E-state index in [0.29, 0.717) is 5.69 Å². The predicted octanol–water partition coefficient (Wildman–Crippen LogP) is 1.18. The Morgan fingerprint density at radius 2 is 2.35 bits per heavy atom. The van der Waals surface area contributed by atoms with Gasteiger partial charge in [0.15, 0.2) is 0 Å². The van der Waals surface area contributed by atoms with Crippen molar-refractivity contribution in [1.82, 2.24) is 20.6 Å². The number of aryl methyl sites for hydroxylation is 1. The van der Waals surface area contributed by atoms with E-state index in [1.54, 1.807) is 25.1 Å². The number of benzene rings is 1. The molecule has 0 spiro atoms. The molecule has 0 aliphatic rings. The number of tetrazole rings is 1. The molecule has 0 radical (unpaired) electrons. The van der Waals surface area contributed by atoms with Gasteiger partial charge in [0.25, 0.3) is 0 Å². The Kier molecular flexibility index (Phi) is 3.72. The van der Waals surface area contributed by atoms with Crippen molar-refractivity contribution in [3.63, 3.8) is 0 Å². The van der Waals surface area contributed by atoms with Gasteiger partial charge in [-0.2, -0.15) is 10.5 Å². The molecule has 1 aromatic carbocycles. The summed E-state index contributed by atoms with van der Waals surface area (Å²) in [4.78, 5) is 11.2. The number of aromatic nitrogens is 4. The topological polar surface area (TPSA) is 128 Å². The summed E-state index contributed by atoms with van der Waals surface area (Å²) >= 11 is 0. The number of H-pyrrole nitrogens is 1. The van der Waals surface area contributed by atoms with Crippen LogP contribution in [0.1, 0.15) is 21.7 Å². The fourth-order valence-corrected chi connectivity index (χ4v) is 1.53. The molecule has 8 heteroatoms. The quantitative estimate of drug-likeness (QED) is 0.711. The summed E-state index contributed by atoms with van der Waals surface area (Å²) in [5.74, 6) is -0.924. The number of nitriles is 1. The van der Waals surface area contributed by atoms with Gasteiger partial charge in [0, 0.05) is 6.20 Å². The first-order chi connectivity index (χ1) is 9.61. The third kappa shape index (κ3) is 2.78. The largest absolute Gasteiger partial charge is 0.478 e. The highest BCUT2D eigenvalue weighted by atomic mass is 16.4. The molecular weight excluding hydrogens is 260 g/mol. The van der Waals surface area contributed by atoms with Crippen LogP contribution in [0.2, 0.25) is 0 Å². The fraction of sp³-hybridized carbons (Fsp3) is 0.0833. The molecule has 2 aromatic rings. The van der Waals surface area contributed by atoms with E-state index in [1.807, 2.05) is 6.07 Å². The van der Waals surface area contributed by atoms with Crippen LogP contribution in [-0.2, 0) is 0 Å². The second-order valence-electron chi connectivity index (χ2n) is 3.90.